The van der Waals surface area contributed by atoms with Crippen LogP contribution in [0.3, 0.4) is 0 Å². The van der Waals surface area contributed by atoms with Gasteiger partial charge < -0.3 is 139 Å². The van der Waals surface area contributed by atoms with Crippen molar-refractivity contribution in [2.75, 3.05) is 33.0 Å². The van der Waals surface area contributed by atoms with Gasteiger partial charge in [-0.05, 0) is 112 Å². The molecular formula is C60H102O28. The summed E-state index contributed by atoms with van der Waals surface area (Å²) in [6, 6.07) is 0. The third-order valence-corrected chi connectivity index (χ3v) is 22.8. The van der Waals surface area contributed by atoms with Crippen molar-refractivity contribution in [2.24, 2.45) is 45.3 Å². The number of fused-ring (bicyclic) bond motifs is 5. The molecule has 5 saturated heterocycles. The second kappa shape index (κ2) is 27.4. The van der Waals surface area contributed by atoms with Gasteiger partial charge >= 0.3 is 0 Å². The smallest absolute Gasteiger partial charge is 0.187 e. The van der Waals surface area contributed by atoms with Crippen LogP contribution in [-0.2, 0) is 47.4 Å². The van der Waals surface area contributed by atoms with Gasteiger partial charge in [0, 0.05) is 5.41 Å². The van der Waals surface area contributed by atoms with Gasteiger partial charge in [0.2, 0.25) is 0 Å². The minimum Gasteiger partial charge on any atom is -0.394 e. The normalized spacial score (nSPS) is 51.4. The van der Waals surface area contributed by atoms with Crippen LogP contribution in [0.25, 0.3) is 0 Å². The maximum atomic E-state index is 11.9. The molecule has 28 nitrogen and oxygen atoms in total. The van der Waals surface area contributed by atoms with E-state index in [0.717, 1.165) is 38.5 Å². The summed E-state index contributed by atoms with van der Waals surface area (Å²) in [5.41, 5.74) is -1.33. The van der Waals surface area contributed by atoms with Gasteiger partial charge in [-0.2, -0.15) is 0 Å². The molecule has 0 aromatic carbocycles. The van der Waals surface area contributed by atoms with Crippen molar-refractivity contribution >= 4 is 0 Å². The number of hydrogen-bond acceptors (Lipinski definition) is 28. The molecule has 88 heavy (non-hydrogen) atoms. The van der Waals surface area contributed by atoms with Crippen molar-refractivity contribution in [3.05, 3.63) is 11.6 Å². The van der Waals surface area contributed by atoms with E-state index in [9.17, 15) is 91.9 Å². The van der Waals surface area contributed by atoms with Crippen molar-refractivity contribution < 1.29 is 139 Å². The molecule has 0 bridgehead atoms. The van der Waals surface area contributed by atoms with Crippen LogP contribution < -0.4 is 0 Å². The molecule has 8 fully saturated rings. The second-order valence-electron chi connectivity index (χ2n) is 28.6. The van der Waals surface area contributed by atoms with Crippen LogP contribution in [0.4, 0.5) is 0 Å². The Morgan fingerprint density at radius 2 is 0.955 bits per heavy atom. The Labute approximate surface area is 512 Å². The fourth-order valence-electron chi connectivity index (χ4n) is 17.1. The Hall–Kier alpha value is -1.38. The highest BCUT2D eigenvalue weighted by atomic mass is 16.8. The summed E-state index contributed by atoms with van der Waals surface area (Å²) in [6.45, 7) is 13.2. The Bertz CT molecular complexity index is 2310. The summed E-state index contributed by atoms with van der Waals surface area (Å²) in [7, 11) is 0. The topological polar surface area (TPSA) is 456 Å². The molecule has 4 aliphatic carbocycles. The van der Waals surface area contributed by atoms with Crippen LogP contribution in [-0.4, -0.2) is 296 Å². The molecule has 0 aromatic rings. The van der Waals surface area contributed by atoms with Crippen LogP contribution in [0.5, 0.6) is 0 Å². The maximum Gasteiger partial charge on any atom is 0.187 e. The number of ether oxygens (including phenoxy) is 10. The lowest BCUT2D eigenvalue weighted by molar-refractivity contribution is -0.380. The molecule has 18 N–H and O–H groups in total. The lowest BCUT2D eigenvalue weighted by Gasteiger charge is -2.66. The van der Waals surface area contributed by atoms with Gasteiger partial charge in [-0.3, -0.25) is 0 Å². The van der Waals surface area contributed by atoms with Crippen LogP contribution in [0.1, 0.15) is 113 Å². The van der Waals surface area contributed by atoms with E-state index in [-0.39, 0.29) is 46.3 Å². The maximum absolute atomic E-state index is 11.9. The van der Waals surface area contributed by atoms with Crippen LogP contribution >= 0.6 is 0 Å². The largest absolute Gasteiger partial charge is 0.394 e. The minimum atomic E-state index is -1.93. The number of hydrogen-bond donors (Lipinski definition) is 18. The molecule has 5 aliphatic heterocycles. The quantitative estimate of drug-likeness (QED) is 0.0512. The van der Waals surface area contributed by atoms with Gasteiger partial charge in [-0.15, -0.1) is 0 Å². The predicted molar refractivity (Wildman–Crippen MR) is 299 cm³/mol. The van der Waals surface area contributed by atoms with E-state index in [0.29, 0.717) is 12.8 Å². The summed E-state index contributed by atoms with van der Waals surface area (Å²) in [5.74, 6) is 0.763. The monoisotopic (exact) mass is 1270 g/mol. The molecule has 3 unspecified atom stereocenters. The molecule has 0 aromatic heterocycles. The van der Waals surface area contributed by atoms with E-state index < -0.39 is 210 Å². The number of aliphatic hydroxyl groups excluding tert-OH is 17. The molecule has 0 spiro atoms. The summed E-state index contributed by atoms with van der Waals surface area (Å²) < 4.78 is 60.2. The lowest BCUT2D eigenvalue weighted by atomic mass is 9.39. The third kappa shape index (κ3) is 12.8. The zero-order valence-electron chi connectivity index (χ0n) is 51.5. The molecule has 34 atom stereocenters. The Morgan fingerprint density at radius 1 is 0.500 bits per heavy atom. The molecular weight excluding hydrogens is 1170 g/mol. The summed E-state index contributed by atoms with van der Waals surface area (Å²) in [6.07, 6.45) is -34.1. The van der Waals surface area contributed by atoms with Gasteiger partial charge in [0.1, 0.15) is 122 Å². The molecule has 5 heterocycles. The highest BCUT2D eigenvalue weighted by Crippen LogP contribution is 2.75. The molecule has 0 amide bonds. The van der Waals surface area contributed by atoms with E-state index in [4.69, 9.17) is 47.4 Å². The van der Waals surface area contributed by atoms with Gasteiger partial charge in [0.15, 0.2) is 31.5 Å². The fourth-order valence-corrected chi connectivity index (χ4v) is 17.1. The lowest BCUT2D eigenvalue weighted by Crippen LogP contribution is -2.65. The number of rotatable bonds is 20. The molecule has 510 valence electrons. The van der Waals surface area contributed by atoms with Crippen LogP contribution in [0.15, 0.2) is 11.6 Å². The Morgan fingerprint density at radius 3 is 1.47 bits per heavy atom. The van der Waals surface area contributed by atoms with Gasteiger partial charge in [-0.25, -0.2) is 0 Å². The van der Waals surface area contributed by atoms with E-state index in [2.05, 4.69) is 47.6 Å². The van der Waals surface area contributed by atoms with E-state index in [1.165, 1.54) is 19.4 Å². The van der Waals surface area contributed by atoms with Crippen molar-refractivity contribution in [3.63, 3.8) is 0 Å². The van der Waals surface area contributed by atoms with Crippen molar-refractivity contribution in [3.8, 4) is 0 Å². The zero-order chi connectivity index (χ0) is 64.7. The summed E-state index contributed by atoms with van der Waals surface area (Å²) in [4.78, 5) is 0. The van der Waals surface area contributed by atoms with E-state index in [1.807, 2.05) is 0 Å². The first-order chi connectivity index (χ1) is 41.2. The van der Waals surface area contributed by atoms with E-state index in [1.54, 1.807) is 0 Å². The highest BCUT2D eigenvalue weighted by Gasteiger charge is 2.68. The summed E-state index contributed by atoms with van der Waals surface area (Å²) >= 11 is 0. The third-order valence-electron chi connectivity index (χ3n) is 22.8. The average Bonchev–Trinajstić information content (AvgIpc) is 1.33. The van der Waals surface area contributed by atoms with E-state index >= 15 is 0 Å². The first kappa shape index (κ1) is 70.9. The summed E-state index contributed by atoms with van der Waals surface area (Å²) in [5, 5.41) is 193. The Kier molecular flexibility index (Phi) is 22.1. The minimum absolute atomic E-state index is 0.0759. The number of aliphatic hydroxyl groups is 18. The average molecular weight is 1270 g/mol. The van der Waals surface area contributed by atoms with Crippen molar-refractivity contribution in [2.45, 2.75) is 285 Å². The van der Waals surface area contributed by atoms with Gasteiger partial charge in [0.25, 0.3) is 0 Å². The first-order valence-corrected chi connectivity index (χ1v) is 31.5. The number of allylic oxidation sites excluding steroid dienone is 1. The molecule has 0 radical (unpaired) electrons. The van der Waals surface area contributed by atoms with Crippen LogP contribution in [0.2, 0.25) is 0 Å². The highest BCUT2D eigenvalue weighted by molar-refractivity contribution is 5.30. The standard InChI is InChI=1S/C60H102O28/c1-24(9-13-35(57(4,5)78)86-55-50(88-53-48(77)43(72)38(67)30(21-63)82-53)45(74)40(69)32(84-55)23-79-51-46(75)41(70)36(65)28(19-61)80-51)25-15-16-60(8)33-12-10-26-27(58(33,6)17-18-59(25,60)7)11-14-34(56(26,2)3)85-54-49(44(73)39(68)31(22-64)83-54)87-52-47(76)42(71)37(66)29(20-62)81-52/h10,24-25,27-55,61-78H,9,11-23H2,1-8H3/t24?,25-,27?,28-,29-,30-,31-,32-,33-,34+,35?,36-,37-,38-,39-,40-,41+,42+,43+,44+,45+,46-,47-,48-,49-,50-,51-,52+,53+,54+,55+,58+,59-,60+/m1/s1. The molecule has 9 aliphatic rings. The van der Waals surface area contributed by atoms with Crippen molar-refractivity contribution in [1.29, 1.82) is 0 Å². The van der Waals surface area contributed by atoms with Gasteiger partial charge in [-0.1, -0.05) is 53.2 Å². The zero-order valence-corrected chi connectivity index (χ0v) is 51.5. The molecule has 9 rings (SSSR count). The van der Waals surface area contributed by atoms with Crippen LogP contribution in [0, 0.1) is 45.3 Å². The molecule has 28 heteroatoms. The SMILES string of the molecule is CC(CCC(O[C@@H]1O[C@H](CO[C@@H]2O[C@H](CO)[C@@H](O)[C@H](O)[C@H]2O)[C@@H](O)[C@H](O)[C@H]1O[C@@H]1O[C@H](CO)[C@@H](O)[C@H](O)[C@H]1O)C(C)(C)O)[C@H]1CC[C@@]2(C)[C@@H]3CC=C4C(CC[C@H](O[C@@H]5O[C@H](CO)[C@@H](O)[C@H](O)[C@H]5O[C@@H]5O[C@H](CO)[C@@H](O)[C@H](O)[C@H]5O)C4(C)C)[C@]3(C)CC[C@]12C. The predicted octanol–water partition coefficient (Wildman–Crippen LogP) is -4.38. The second-order valence-corrected chi connectivity index (χ2v) is 28.6. The Balaban J connectivity index is 0.895. The van der Waals surface area contributed by atoms with Gasteiger partial charge in [0.05, 0.1) is 50.8 Å². The fraction of sp³-hybridized carbons (Fsp3) is 0.967. The van der Waals surface area contributed by atoms with Crippen molar-refractivity contribution in [1.82, 2.24) is 0 Å². The molecule has 3 saturated carbocycles. The first-order valence-electron chi connectivity index (χ1n) is 31.5.